The van der Waals surface area contributed by atoms with Gasteiger partial charge in [0.15, 0.2) is 0 Å². The second-order valence-corrected chi connectivity index (χ2v) is 2.84. The molecule has 72 valence electrons. The quantitative estimate of drug-likeness (QED) is 0.782. The van der Waals surface area contributed by atoms with E-state index in [0.717, 1.165) is 5.56 Å². The Morgan fingerprint density at radius 2 is 2.21 bits per heavy atom. The lowest BCUT2D eigenvalue weighted by Crippen LogP contribution is -1.89. The van der Waals surface area contributed by atoms with Crippen molar-refractivity contribution in [1.82, 2.24) is 10.2 Å². The topological polar surface area (TPSA) is 64.9 Å². The standard InChI is InChI=1S/C9H8FN3O/c10-7-3-1-2-6(4-7)5-8-12-13-9(11)14-8/h1-4H,5H2,(H2,11,13). The van der Waals surface area contributed by atoms with Gasteiger partial charge in [-0.15, -0.1) is 5.10 Å². The van der Waals surface area contributed by atoms with Gasteiger partial charge < -0.3 is 10.2 Å². The molecule has 1 aromatic carbocycles. The molecule has 14 heavy (non-hydrogen) atoms. The Balaban J connectivity index is 2.18. The Kier molecular flexibility index (Phi) is 2.14. The number of halogens is 1. The molecule has 5 heteroatoms. The first-order chi connectivity index (χ1) is 6.74. The van der Waals surface area contributed by atoms with E-state index < -0.39 is 0 Å². The van der Waals surface area contributed by atoms with Crippen LogP contribution in [0.4, 0.5) is 10.4 Å². The molecule has 0 unspecified atom stereocenters. The molecule has 0 spiro atoms. The largest absolute Gasteiger partial charge is 0.408 e. The Bertz CT molecular complexity index is 441. The van der Waals surface area contributed by atoms with Gasteiger partial charge in [0, 0.05) is 0 Å². The minimum Gasteiger partial charge on any atom is -0.408 e. The minimum atomic E-state index is -0.282. The molecule has 1 aromatic heterocycles. The number of aromatic nitrogens is 2. The number of nitrogens with two attached hydrogens (primary N) is 1. The fourth-order valence-electron chi connectivity index (χ4n) is 1.16. The number of nitrogens with zero attached hydrogens (tertiary/aromatic N) is 2. The fourth-order valence-corrected chi connectivity index (χ4v) is 1.16. The monoisotopic (exact) mass is 193 g/mol. The molecule has 0 saturated heterocycles. The first kappa shape index (κ1) is 8.68. The highest BCUT2D eigenvalue weighted by Gasteiger charge is 2.04. The minimum absolute atomic E-state index is 0.0244. The number of nitrogen functional groups attached to an aromatic ring is 1. The summed E-state index contributed by atoms with van der Waals surface area (Å²) in [5.41, 5.74) is 6.02. The van der Waals surface area contributed by atoms with Crippen molar-refractivity contribution < 1.29 is 8.81 Å². The molecular weight excluding hydrogens is 185 g/mol. The van der Waals surface area contributed by atoms with E-state index >= 15 is 0 Å². The first-order valence-electron chi connectivity index (χ1n) is 4.06. The lowest BCUT2D eigenvalue weighted by Gasteiger charge is -1.95. The second kappa shape index (κ2) is 3.45. The van der Waals surface area contributed by atoms with Crippen LogP contribution in [0.1, 0.15) is 11.5 Å². The number of hydrogen-bond donors (Lipinski definition) is 1. The molecular formula is C9H8FN3O. The number of rotatable bonds is 2. The van der Waals surface area contributed by atoms with Gasteiger partial charge in [0.1, 0.15) is 5.82 Å². The van der Waals surface area contributed by atoms with E-state index in [1.54, 1.807) is 12.1 Å². The van der Waals surface area contributed by atoms with Crippen LogP contribution < -0.4 is 5.73 Å². The summed E-state index contributed by atoms with van der Waals surface area (Å²) in [5.74, 6) is 0.100. The van der Waals surface area contributed by atoms with E-state index in [0.29, 0.717) is 12.3 Å². The Morgan fingerprint density at radius 1 is 1.36 bits per heavy atom. The summed E-state index contributed by atoms with van der Waals surface area (Å²) >= 11 is 0. The molecule has 0 atom stereocenters. The van der Waals surface area contributed by atoms with E-state index in [9.17, 15) is 4.39 Å². The highest BCUT2D eigenvalue weighted by molar-refractivity contribution is 5.20. The van der Waals surface area contributed by atoms with Crippen LogP contribution in [-0.4, -0.2) is 10.2 Å². The normalized spacial score (nSPS) is 10.4. The van der Waals surface area contributed by atoms with Gasteiger partial charge in [-0.3, -0.25) is 0 Å². The van der Waals surface area contributed by atoms with Crippen LogP contribution >= 0.6 is 0 Å². The molecule has 2 N–H and O–H groups in total. The van der Waals surface area contributed by atoms with Crippen molar-refractivity contribution in [3.63, 3.8) is 0 Å². The summed E-state index contributed by atoms with van der Waals surface area (Å²) in [6.07, 6.45) is 0.391. The van der Waals surface area contributed by atoms with Crippen molar-refractivity contribution in [3.8, 4) is 0 Å². The molecule has 0 aliphatic heterocycles. The summed E-state index contributed by atoms with van der Waals surface area (Å²) in [6, 6.07) is 6.23. The molecule has 1 heterocycles. The van der Waals surface area contributed by atoms with Gasteiger partial charge >= 0.3 is 6.01 Å². The number of anilines is 1. The van der Waals surface area contributed by atoms with E-state index in [1.165, 1.54) is 12.1 Å². The third-order valence-electron chi connectivity index (χ3n) is 1.73. The van der Waals surface area contributed by atoms with Crippen molar-refractivity contribution in [2.45, 2.75) is 6.42 Å². The maximum Gasteiger partial charge on any atom is 0.312 e. The van der Waals surface area contributed by atoms with Crippen molar-refractivity contribution in [2.24, 2.45) is 0 Å². The van der Waals surface area contributed by atoms with Crippen LogP contribution in [-0.2, 0) is 6.42 Å². The molecule has 0 aliphatic carbocycles. The Labute approximate surface area is 79.6 Å². The van der Waals surface area contributed by atoms with Gasteiger partial charge in [-0.05, 0) is 17.7 Å². The lowest BCUT2D eigenvalue weighted by molar-refractivity contribution is 0.522. The number of benzene rings is 1. The van der Waals surface area contributed by atoms with Crippen molar-refractivity contribution in [1.29, 1.82) is 0 Å². The Hall–Kier alpha value is -1.91. The van der Waals surface area contributed by atoms with Crippen LogP contribution in [0.15, 0.2) is 28.7 Å². The van der Waals surface area contributed by atoms with Gasteiger partial charge in [0.2, 0.25) is 5.89 Å². The van der Waals surface area contributed by atoms with Crippen LogP contribution in [0, 0.1) is 5.82 Å². The molecule has 0 fully saturated rings. The molecule has 0 amide bonds. The summed E-state index contributed by atoms with van der Waals surface area (Å²) in [7, 11) is 0. The molecule has 0 radical (unpaired) electrons. The lowest BCUT2D eigenvalue weighted by atomic mass is 10.1. The average Bonchev–Trinajstić information content (AvgIpc) is 2.51. The van der Waals surface area contributed by atoms with Gasteiger partial charge in [-0.1, -0.05) is 17.2 Å². The zero-order valence-corrected chi connectivity index (χ0v) is 7.27. The van der Waals surface area contributed by atoms with Crippen LogP contribution in [0.2, 0.25) is 0 Å². The average molecular weight is 193 g/mol. The smallest absolute Gasteiger partial charge is 0.312 e. The highest BCUT2D eigenvalue weighted by atomic mass is 19.1. The SMILES string of the molecule is Nc1nnc(Cc2cccc(F)c2)o1. The summed E-state index contributed by atoms with van der Waals surface area (Å²) in [5, 5.41) is 7.18. The second-order valence-electron chi connectivity index (χ2n) is 2.84. The van der Waals surface area contributed by atoms with Gasteiger partial charge in [0.05, 0.1) is 6.42 Å². The van der Waals surface area contributed by atoms with Crippen molar-refractivity contribution in [2.75, 3.05) is 5.73 Å². The zero-order valence-electron chi connectivity index (χ0n) is 7.27. The Morgan fingerprint density at radius 3 is 2.86 bits per heavy atom. The van der Waals surface area contributed by atoms with Crippen LogP contribution in [0.3, 0.4) is 0 Å². The van der Waals surface area contributed by atoms with Crippen molar-refractivity contribution in [3.05, 3.63) is 41.5 Å². The number of hydrogen-bond acceptors (Lipinski definition) is 4. The summed E-state index contributed by atoms with van der Waals surface area (Å²) < 4.78 is 17.7. The molecule has 2 rings (SSSR count). The van der Waals surface area contributed by atoms with Crippen LogP contribution in [0.25, 0.3) is 0 Å². The third-order valence-corrected chi connectivity index (χ3v) is 1.73. The van der Waals surface area contributed by atoms with Gasteiger partial charge in [0.25, 0.3) is 0 Å². The summed E-state index contributed by atoms with van der Waals surface area (Å²) in [6.45, 7) is 0. The predicted octanol–water partition coefficient (Wildman–Crippen LogP) is 1.38. The first-order valence-corrected chi connectivity index (χ1v) is 4.06. The molecule has 4 nitrogen and oxygen atoms in total. The van der Waals surface area contributed by atoms with E-state index in [2.05, 4.69) is 10.2 Å². The highest BCUT2D eigenvalue weighted by Crippen LogP contribution is 2.10. The van der Waals surface area contributed by atoms with Crippen LogP contribution in [0.5, 0.6) is 0 Å². The fraction of sp³-hybridized carbons (Fsp3) is 0.111. The van der Waals surface area contributed by atoms with E-state index in [1.807, 2.05) is 0 Å². The molecule has 0 saturated carbocycles. The van der Waals surface area contributed by atoms with Gasteiger partial charge in [-0.25, -0.2) is 4.39 Å². The van der Waals surface area contributed by atoms with E-state index in [-0.39, 0.29) is 11.8 Å². The zero-order chi connectivity index (χ0) is 9.97. The van der Waals surface area contributed by atoms with Gasteiger partial charge in [-0.2, -0.15) is 0 Å². The maximum absolute atomic E-state index is 12.8. The van der Waals surface area contributed by atoms with Crippen molar-refractivity contribution >= 4 is 6.01 Å². The molecule has 0 bridgehead atoms. The predicted molar refractivity (Wildman–Crippen MR) is 47.9 cm³/mol. The maximum atomic E-state index is 12.8. The summed E-state index contributed by atoms with van der Waals surface area (Å²) in [4.78, 5) is 0. The van der Waals surface area contributed by atoms with E-state index in [4.69, 9.17) is 10.2 Å². The third kappa shape index (κ3) is 1.87. The molecule has 2 aromatic rings. The molecule has 0 aliphatic rings.